The lowest BCUT2D eigenvalue weighted by atomic mass is 10.1. The lowest BCUT2D eigenvalue weighted by Crippen LogP contribution is -2.32. The molecule has 1 amide bonds. The molecule has 0 aliphatic carbocycles. The lowest BCUT2D eigenvalue weighted by Gasteiger charge is -2.14. The highest BCUT2D eigenvalue weighted by Gasteiger charge is 2.18. The molecule has 0 radical (unpaired) electrons. The van der Waals surface area contributed by atoms with Gasteiger partial charge in [0.2, 0.25) is 0 Å². The normalized spacial score (nSPS) is 12.6. The first-order chi connectivity index (χ1) is 7.93. The van der Waals surface area contributed by atoms with Crippen molar-refractivity contribution in [3.63, 3.8) is 0 Å². The van der Waals surface area contributed by atoms with Gasteiger partial charge in [-0.05, 0) is 18.1 Å². The lowest BCUT2D eigenvalue weighted by molar-refractivity contribution is 0.0944. The van der Waals surface area contributed by atoms with Gasteiger partial charge in [0.15, 0.2) is 0 Å². The average Bonchev–Trinajstić information content (AvgIpc) is 2.25. The van der Waals surface area contributed by atoms with Crippen LogP contribution in [-0.2, 0) is 0 Å². The predicted octanol–water partition coefficient (Wildman–Crippen LogP) is 3.11. The molecule has 1 atom stereocenters. The highest BCUT2D eigenvalue weighted by Crippen LogP contribution is 2.13. The van der Waals surface area contributed by atoms with E-state index in [-0.39, 0.29) is 4.83 Å². The average molecular weight is 306 g/mol. The van der Waals surface area contributed by atoms with E-state index in [2.05, 4.69) is 21.2 Å². The van der Waals surface area contributed by atoms with E-state index in [1.54, 1.807) is 0 Å². The van der Waals surface area contributed by atoms with Crippen LogP contribution in [0.25, 0.3) is 0 Å². The van der Waals surface area contributed by atoms with Crippen LogP contribution in [0.2, 0.25) is 0 Å². The standard InChI is InChI=1S/C12H14BrF2NO/c1-7(2)8(13)6-16-12(17)11-9(14)4-3-5-10(11)15/h3-5,7-8H,6H2,1-2H3,(H,16,17). The van der Waals surface area contributed by atoms with E-state index < -0.39 is 23.1 Å². The van der Waals surface area contributed by atoms with Gasteiger partial charge >= 0.3 is 0 Å². The van der Waals surface area contributed by atoms with E-state index in [9.17, 15) is 13.6 Å². The van der Waals surface area contributed by atoms with Gasteiger partial charge in [0.05, 0.1) is 0 Å². The Hall–Kier alpha value is -0.970. The molecule has 0 aromatic heterocycles. The fourth-order valence-corrected chi connectivity index (χ4v) is 1.39. The fraction of sp³-hybridized carbons (Fsp3) is 0.417. The van der Waals surface area contributed by atoms with E-state index in [1.165, 1.54) is 6.07 Å². The Kier molecular flexibility index (Phi) is 5.05. The molecular formula is C12H14BrF2NO. The first-order valence-electron chi connectivity index (χ1n) is 5.29. The van der Waals surface area contributed by atoms with Gasteiger partial charge in [0.1, 0.15) is 17.2 Å². The second-order valence-corrected chi connectivity index (χ2v) is 5.24. The Morgan fingerprint density at radius 3 is 2.35 bits per heavy atom. The number of hydrogen-bond acceptors (Lipinski definition) is 1. The van der Waals surface area contributed by atoms with Crippen LogP contribution in [0, 0.1) is 17.6 Å². The third-order valence-electron chi connectivity index (χ3n) is 2.37. The summed E-state index contributed by atoms with van der Waals surface area (Å²) in [7, 11) is 0. The Bertz CT molecular complexity index is 389. The van der Waals surface area contributed by atoms with Crippen LogP contribution in [0.4, 0.5) is 8.78 Å². The van der Waals surface area contributed by atoms with Crippen LogP contribution in [-0.4, -0.2) is 17.3 Å². The third-order valence-corrected chi connectivity index (χ3v) is 3.75. The summed E-state index contributed by atoms with van der Waals surface area (Å²) < 4.78 is 26.5. The quantitative estimate of drug-likeness (QED) is 0.851. The van der Waals surface area contributed by atoms with Crippen molar-refractivity contribution in [2.24, 2.45) is 5.92 Å². The molecule has 17 heavy (non-hydrogen) atoms. The Balaban J connectivity index is 2.71. The van der Waals surface area contributed by atoms with Gasteiger partial charge in [-0.3, -0.25) is 4.79 Å². The number of amides is 1. The molecule has 1 N–H and O–H groups in total. The number of carbonyl (C=O) groups is 1. The van der Waals surface area contributed by atoms with Crippen molar-refractivity contribution in [1.82, 2.24) is 5.32 Å². The summed E-state index contributed by atoms with van der Waals surface area (Å²) in [6.07, 6.45) is 0. The highest BCUT2D eigenvalue weighted by molar-refractivity contribution is 9.09. The zero-order chi connectivity index (χ0) is 13.0. The van der Waals surface area contributed by atoms with Crippen molar-refractivity contribution in [3.05, 3.63) is 35.4 Å². The monoisotopic (exact) mass is 305 g/mol. The van der Waals surface area contributed by atoms with Crippen LogP contribution < -0.4 is 5.32 Å². The summed E-state index contributed by atoms with van der Waals surface area (Å²) in [5.74, 6) is -2.11. The smallest absolute Gasteiger partial charge is 0.257 e. The summed E-state index contributed by atoms with van der Waals surface area (Å²) in [6.45, 7) is 4.29. The number of rotatable bonds is 4. The molecular weight excluding hydrogens is 292 g/mol. The number of halogens is 3. The number of hydrogen-bond donors (Lipinski definition) is 1. The minimum Gasteiger partial charge on any atom is -0.351 e. The number of alkyl halides is 1. The number of nitrogens with one attached hydrogen (secondary N) is 1. The van der Waals surface area contributed by atoms with Gasteiger partial charge in [0, 0.05) is 11.4 Å². The second-order valence-electron chi connectivity index (χ2n) is 4.07. The molecule has 0 bridgehead atoms. The number of benzene rings is 1. The van der Waals surface area contributed by atoms with Gasteiger partial charge in [-0.15, -0.1) is 0 Å². The minimum absolute atomic E-state index is 0.0706. The molecule has 1 aromatic rings. The van der Waals surface area contributed by atoms with Crippen LogP contribution in [0.5, 0.6) is 0 Å². The summed E-state index contributed by atoms with van der Waals surface area (Å²) >= 11 is 3.38. The summed E-state index contributed by atoms with van der Waals surface area (Å²) in [5.41, 5.74) is -0.532. The summed E-state index contributed by atoms with van der Waals surface area (Å²) in [6, 6.07) is 3.35. The van der Waals surface area contributed by atoms with Crippen LogP contribution >= 0.6 is 15.9 Å². The van der Waals surface area contributed by atoms with E-state index in [4.69, 9.17) is 0 Å². The van der Waals surface area contributed by atoms with Crippen LogP contribution in [0.1, 0.15) is 24.2 Å². The van der Waals surface area contributed by atoms with E-state index >= 15 is 0 Å². The maximum absolute atomic E-state index is 13.3. The maximum Gasteiger partial charge on any atom is 0.257 e. The van der Waals surface area contributed by atoms with Crippen LogP contribution in [0.15, 0.2) is 18.2 Å². The first kappa shape index (κ1) is 14.1. The first-order valence-corrected chi connectivity index (χ1v) is 6.21. The maximum atomic E-state index is 13.3. The van der Waals surface area contributed by atoms with Crippen molar-refractivity contribution in [3.8, 4) is 0 Å². The van der Waals surface area contributed by atoms with Gasteiger partial charge < -0.3 is 5.32 Å². The Labute approximate surface area is 108 Å². The highest BCUT2D eigenvalue weighted by atomic mass is 79.9. The molecule has 1 aromatic carbocycles. The topological polar surface area (TPSA) is 29.1 Å². The van der Waals surface area contributed by atoms with E-state index in [0.29, 0.717) is 12.5 Å². The second kappa shape index (κ2) is 6.10. The molecule has 0 fully saturated rings. The van der Waals surface area contributed by atoms with E-state index in [1.807, 2.05) is 13.8 Å². The van der Waals surface area contributed by atoms with Gasteiger partial charge in [-0.1, -0.05) is 35.8 Å². The summed E-state index contributed by atoms with van der Waals surface area (Å²) in [5, 5.41) is 2.50. The molecule has 2 nitrogen and oxygen atoms in total. The van der Waals surface area contributed by atoms with Crippen molar-refractivity contribution in [1.29, 1.82) is 0 Å². The molecule has 94 valence electrons. The van der Waals surface area contributed by atoms with Crippen molar-refractivity contribution in [2.45, 2.75) is 18.7 Å². The molecule has 0 heterocycles. The fourth-order valence-electron chi connectivity index (χ4n) is 1.23. The summed E-state index contributed by atoms with van der Waals surface area (Å²) in [4.78, 5) is 11.7. The Morgan fingerprint density at radius 2 is 1.88 bits per heavy atom. The molecule has 5 heteroatoms. The minimum atomic E-state index is -0.849. The number of carbonyl (C=O) groups excluding carboxylic acids is 1. The molecule has 0 aliphatic heterocycles. The largest absolute Gasteiger partial charge is 0.351 e. The molecule has 1 unspecified atom stereocenters. The zero-order valence-electron chi connectivity index (χ0n) is 9.64. The van der Waals surface area contributed by atoms with Crippen molar-refractivity contribution >= 4 is 21.8 Å². The molecule has 1 rings (SSSR count). The van der Waals surface area contributed by atoms with E-state index in [0.717, 1.165) is 12.1 Å². The van der Waals surface area contributed by atoms with Crippen molar-refractivity contribution in [2.75, 3.05) is 6.54 Å². The van der Waals surface area contributed by atoms with Crippen LogP contribution in [0.3, 0.4) is 0 Å². The molecule has 0 spiro atoms. The predicted molar refractivity (Wildman–Crippen MR) is 66.2 cm³/mol. The zero-order valence-corrected chi connectivity index (χ0v) is 11.2. The third kappa shape index (κ3) is 3.77. The van der Waals surface area contributed by atoms with Crippen molar-refractivity contribution < 1.29 is 13.6 Å². The van der Waals surface area contributed by atoms with Gasteiger partial charge in [-0.2, -0.15) is 0 Å². The molecule has 0 saturated carbocycles. The molecule has 0 saturated heterocycles. The van der Waals surface area contributed by atoms with Gasteiger partial charge in [-0.25, -0.2) is 8.78 Å². The van der Waals surface area contributed by atoms with Gasteiger partial charge in [0.25, 0.3) is 5.91 Å². The Morgan fingerprint density at radius 1 is 1.35 bits per heavy atom. The SMILES string of the molecule is CC(C)C(Br)CNC(=O)c1c(F)cccc1F. The molecule has 0 aliphatic rings.